The molecule has 15 heavy (non-hydrogen) atoms. The minimum atomic E-state index is -0.428. The molecule has 4 unspecified atom stereocenters. The Bertz CT molecular complexity index is 228. The van der Waals surface area contributed by atoms with Crippen molar-refractivity contribution in [3.05, 3.63) is 24.3 Å². The standard InChI is InChI=1S/C14H21O/c1-11-2-4-12(5-3-11)10-13-6-8-14(15)9-7-13/h2,4,6,8,11-14H,3,5,7,9-10H2,1H3/q-1. The zero-order valence-electron chi connectivity index (χ0n) is 9.56. The van der Waals surface area contributed by atoms with Crippen molar-refractivity contribution in [1.82, 2.24) is 0 Å². The lowest BCUT2D eigenvalue weighted by atomic mass is 9.81. The van der Waals surface area contributed by atoms with E-state index in [4.69, 9.17) is 0 Å². The molecule has 0 heterocycles. The van der Waals surface area contributed by atoms with Gasteiger partial charge in [0, 0.05) is 0 Å². The lowest BCUT2D eigenvalue weighted by molar-refractivity contribution is -0.405. The quantitative estimate of drug-likeness (QED) is 0.636. The van der Waals surface area contributed by atoms with Crippen molar-refractivity contribution in [3.63, 3.8) is 0 Å². The monoisotopic (exact) mass is 205 g/mol. The Morgan fingerprint density at radius 2 is 1.60 bits per heavy atom. The van der Waals surface area contributed by atoms with Gasteiger partial charge in [-0.3, -0.25) is 0 Å². The molecular formula is C14H21O-. The molecule has 0 spiro atoms. The molecule has 0 aromatic rings. The minimum Gasteiger partial charge on any atom is -0.849 e. The summed E-state index contributed by atoms with van der Waals surface area (Å²) in [6.45, 7) is 2.29. The summed E-state index contributed by atoms with van der Waals surface area (Å²) in [4.78, 5) is 0. The van der Waals surface area contributed by atoms with E-state index in [0.717, 1.165) is 24.7 Å². The van der Waals surface area contributed by atoms with Crippen LogP contribution in [0.2, 0.25) is 0 Å². The first-order valence-corrected chi connectivity index (χ1v) is 6.26. The molecule has 0 aromatic heterocycles. The first kappa shape index (κ1) is 10.9. The van der Waals surface area contributed by atoms with Crippen LogP contribution in [0.4, 0.5) is 0 Å². The molecule has 2 aliphatic rings. The fraction of sp³-hybridized carbons (Fsp3) is 0.714. The number of hydrogen-bond acceptors (Lipinski definition) is 1. The summed E-state index contributed by atoms with van der Waals surface area (Å²) in [5.74, 6) is 2.20. The molecule has 0 bridgehead atoms. The molecule has 2 aliphatic carbocycles. The first-order chi connectivity index (χ1) is 7.24. The van der Waals surface area contributed by atoms with Gasteiger partial charge in [-0.15, -0.1) is 12.2 Å². The van der Waals surface area contributed by atoms with E-state index in [2.05, 4.69) is 25.2 Å². The van der Waals surface area contributed by atoms with Gasteiger partial charge in [0.1, 0.15) is 0 Å². The summed E-state index contributed by atoms with van der Waals surface area (Å²) < 4.78 is 0. The van der Waals surface area contributed by atoms with Crippen LogP contribution in [0.15, 0.2) is 24.3 Å². The summed E-state index contributed by atoms with van der Waals surface area (Å²) >= 11 is 0. The smallest absolute Gasteiger partial charge is 0.0228 e. The third-order valence-corrected chi connectivity index (χ3v) is 3.73. The van der Waals surface area contributed by atoms with Gasteiger partial charge in [0.25, 0.3) is 0 Å². The summed E-state index contributed by atoms with van der Waals surface area (Å²) in [6, 6.07) is 0. The fourth-order valence-corrected chi connectivity index (χ4v) is 2.65. The van der Waals surface area contributed by atoms with Gasteiger partial charge in [-0.2, -0.15) is 0 Å². The molecule has 0 amide bonds. The fourth-order valence-electron chi connectivity index (χ4n) is 2.65. The van der Waals surface area contributed by atoms with Crippen LogP contribution in [0.5, 0.6) is 0 Å². The van der Waals surface area contributed by atoms with Crippen molar-refractivity contribution in [3.8, 4) is 0 Å². The van der Waals surface area contributed by atoms with Crippen LogP contribution in [-0.4, -0.2) is 6.10 Å². The molecule has 0 N–H and O–H groups in total. The van der Waals surface area contributed by atoms with E-state index in [1.807, 2.05) is 6.08 Å². The second-order valence-electron chi connectivity index (χ2n) is 5.20. The average Bonchev–Trinajstić information content (AvgIpc) is 2.25. The Morgan fingerprint density at radius 3 is 2.13 bits per heavy atom. The van der Waals surface area contributed by atoms with Gasteiger partial charge in [0.05, 0.1) is 0 Å². The predicted molar refractivity (Wildman–Crippen MR) is 61.3 cm³/mol. The SMILES string of the molecule is CC1C=CC(CC2C=CC([O-])CC2)CC1. The van der Waals surface area contributed by atoms with E-state index in [9.17, 15) is 5.11 Å². The summed E-state index contributed by atoms with van der Waals surface area (Å²) in [5, 5.41) is 11.1. The molecule has 0 saturated carbocycles. The Kier molecular flexibility index (Phi) is 3.63. The van der Waals surface area contributed by atoms with E-state index in [1.165, 1.54) is 19.3 Å². The van der Waals surface area contributed by atoms with Gasteiger partial charge in [0.2, 0.25) is 0 Å². The molecule has 0 radical (unpaired) electrons. The molecular weight excluding hydrogens is 184 g/mol. The zero-order valence-corrected chi connectivity index (χ0v) is 9.56. The van der Waals surface area contributed by atoms with Gasteiger partial charge in [0.15, 0.2) is 0 Å². The maximum Gasteiger partial charge on any atom is -0.0228 e. The topological polar surface area (TPSA) is 23.1 Å². The van der Waals surface area contributed by atoms with Crippen LogP contribution in [0.25, 0.3) is 0 Å². The number of rotatable bonds is 2. The van der Waals surface area contributed by atoms with Gasteiger partial charge in [-0.1, -0.05) is 31.6 Å². The van der Waals surface area contributed by atoms with Crippen molar-refractivity contribution in [2.24, 2.45) is 17.8 Å². The zero-order chi connectivity index (χ0) is 10.7. The minimum absolute atomic E-state index is 0.428. The van der Waals surface area contributed by atoms with E-state index >= 15 is 0 Å². The Hall–Kier alpha value is -0.560. The van der Waals surface area contributed by atoms with Gasteiger partial charge < -0.3 is 5.11 Å². The second kappa shape index (κ2) is 4.98. The lowest BCUT2D eigenvalue weighted by Crippen LogP contribution is -2.26. The molecule has 4 atom stereocenters. The molecule has 84 valence electrons. The van der Waals surface area contributed by atoms with Crippen LogP contribution in [0.3, 0.4) is 0 Å². The van der Waals surface area contributed by atoms with Crippen molar-refractivity contribution < 1.29 is 5.11 Å². The summed E-state index contributed by atoms with van der Waals surface area (Å²) in [5.41, 5.74) is 0. The third-order valence-electron chi connectivity index (χ3n) is 3.73. The molecule has 0 fully saturated rings. The van der Waals surface area contributed by atoms with Gasteiger partial charge >= 0.3 is 0 Å². The first-order valence-electron chi connectivity index (χ1n) is 6.26. The van der Waals surface area contributed by atoms with Crippen LogP contribution < -0.4 is 5.11 Å². The number of hydrogen-bond donors (Lipinski definition) is 0. The average molecular weight is 205 g/mol. The van der Waals surface area contributed by atoms with Crippen molar-refractivity contribution in [1.29, 1.82) is 0 Å². The molecule has 2 rings (SSSR count). The Balaban J connectivity index is 1.82. The summed E-state index contributed by atoms with van der Waals surface area (Å²) in [7, 11) is 0. The van der Waals surface area contributed by atoms with E-state index in [0.29, 0.717) is 5.92 Å². The van der Waals surface area contributed by atoms with Crippen molar-refractivity contribution in [2.75, 3.05) is 0 Å². The van der Waals surface area contributed by atoms with E-state index in [-0.39, 0.29) is 0 Å². The molecule has 1 heteroatoms. The molecule has 0 aromatic carbocycles. The highest BCUT2D eigenvalue weighted by Crippen LogP contribution is 2.30. The summed E-state index contributed by atoms with van der Waals surface area (Å²) in [6.07, 6.45) is 14.2. The van der Waals surface area contributed by atoms with Crippen LogP contribution >= 0.6 is 0 Å². The van der Waals surface area contributed by atoms with Crippen molar-refractivity contribution >= 4 is 0 Å². The number of allylic oxidation sites excluding steroid dienone is 3. The molecule has 0 aliphatic heterocycles. The molecule has 0 saturated heterocycles. The normalized spacial score (nSPS) is 40.7. The highest BCUT2D eigenvalue weighted by molar-refractivity contribution is 5.02. The van der Waals surface area contributed by atoms with Gasteiger partial charge in [-0.05, 0) is 43.4 Å². The van der Waals surface area contributed by atoms with Gasteiger partial charge in [-0.25, -0.2) is 0 Å². The maximum absolute atomic E-state index is 11.1. The predicted octanol–water partition coefficient (Wildman–Crippen LogP) is 2.67. The highest BCUT2D eigenvalue weighted by atomic mass is 16.3. The Morgan fingerprint density at radius 1 is 0.933 bits per heavy atom. The van der Waals surface area contributed by atoms with Crippen molar-refractivity contribution in [2.45, 2.75) is 45.1 Å². The molecule has 1 nitrogen and oxygen atoms in total. The maximum atomic E-state index is 11.1. The van der Waals surface area contributed by atoms with E-state index < -0.39 is 6.10 Å². The largest absolute Gasteiger partial charge is 0.849 e. The Labute approximate surface area is 92.9 Å². The van der Waals surface area contributed by atoms with Crippen LogP contribution in [-0.2, 0) is 0 Å². The third kappa shape index (κ3) is 3.20. The highest BCUT2D eigenvalue weighted by Gasteiger charge is 2.17. The van der Waals surface area contributed by atoms with E-state index in [1.54, 1.807) is 0 Å². The van der Waals surface area contributed by atoms with Crippen LogP contribution in [0.1, 0.15) is 39.0 Å². The second-order valence-corrected chi connectivity index (χ2v) is 5.20. The van der Waals surface area contributed by atoms with Crippen LogP contribution in [0, 0.1) is 17.8 Å². The lowest BCUT2D eigenvalue weighted by Gasteiger charge is -2.29.